The molecule has 5 nitrogen and oxygen atoms in total. The first-order valence-corrected chi connectivity index (χ1v) is 8.24. The molecular weight excluding hydrogens is 324 g/mol. The van der Waals surface area contributed by atoms with Gasteiger partial charge in [0.25, 0.3) is 5.91 Å². The number of aryl methyl sites for hydroxylation is 1. The Morgan fingerprint density at radius 3 is 2.54 bits per heavy atom. The molecule has 122 valence electrons. The van der Waals surface area contributed by atoms with Gasteiger partial charge < -0.3 is 4.74 Å². The molecule has 0 atom stereocenters. The van der Waals surface area contributed by atoms with Crippen LogP contribution in [0.3, 0.4) is 0 Å². The Morgan fingerprint density at radius 2 is 1.83 bits per heavy atom. The Labute approximate surface area is 142 Å². The number of ether oxygens (including phenoxy) is 1. The van der Waals surface area contributed by atoms with Gasteiger partial charge in [-0.15, -0.1) is 0 Å². The fraction of sp³-hybridized carbons (Fsp3) is 0.167. The van der Waals surface area contributed by atoms with E-state index >= 15 is 0 Å². The van der Waals surface area contributed by atoms with Crippen LogP contribution in [0.4, 0.5) is 0 Å². The largest absolute Gasteiger partial charge is 0.444 e. The lowest BCUT2D eigenvalue weighted by Gasteiger charge is -2.05. The van der Waals surface area contributed by atoms with Crippen molar-refractivity contribution in [3.8, 4) is 0 Å². The summed E-state index contributed by atoms with van der Waals surface area (Å²) in [6.45, 7) is 3.34. The summed E-state index contributed by atoms with van der Waals surface area (Å²) in [4.78, 5) is 28.3. The van der Waals surface area contributed by atoms with E-state index in [2.05, 4.69) is 4.99 Å². The number of nitrogens with zero attached hydrogens (tertiary/aromatic N) is 2. The van der Waals surface area contributed by atoms with Crippen LogP contribution >= 0.6 is 11.3 Å². The molecule has 0 N–H and O–H groups in total. The third-order valence-corrected chi connectivity index (χ3v) is 4.54. The van der Waals surface area contributed by atoms with Crippen molar-refractivity contribution in [2.75, 3.05) is 0 Å². The highest BCUT2D eigenvalue weighted by Gasteiger charge is 2.09. The Bertz CT molecular complexity index is 968. The van der Waals surface area contributed by atoms with Crippen molar-refractivity contribution in [3.63, 3.8) is 0 Å². The summed E-state index contributed by atoms with van der Waals surface area (Å²) >= 11 is 1.39. The van der Waals surface area contributed by atoms with E-state index in [-0.39, 0.29) is 18.6 Å². The van der Waals surface area contributed by atoms with E-state index in [0.29, 0.717) is 10.4 Å². The number of rotatable bonds is 3. The number of carbonyl (C=O) groups excluding carboxylic acids is 2. The van der Waals surface area contributed by atoms with Crippen molar-refractivity contribution in [2.24, 2.45) is 4.99 Å². The lowest BCUT2D eigenvalue weighted by molar-refractivity contribution is -0.144. The van der Waals surface area contributed by atoms with Crippen molar-refractivity contribution in [3.05, 3.63) is 64.5 Å². The highest BCUT2D eigenvalue weighted by atomic mass is 32.1. The molecule has 0 saturated heterocycles. The summed E-state index contributed by atoms with van der Waals surface area (Å²) in [5.74, 6) is -0.702. The molecule has 2 aromatic carbocycles. The molecule has 1 heterocycles. The number of amides is 1. The number of hydrogen-bond donors (Lipinski definition) is 0. The standard InChI is InChI=1S/C18H16N2O3S/c1-12-7-9-14(10-8-12)17(22)19-18-20(11-23-13(2)21)15-5-3-4-6-16(15)24-18/h3-10H,11H2,1-2H3. The van der Waals surface area contributed by atoms with Gasteiger partial charge in [0.1, 0.15) is 0 Å². The van der Waals surface area contributed by atoms with Gasteiger partial charge in [-0.3, -0.25) is 14.2 Å². The van der Waals surface area contributed by atoms with Crippen LogP contribution in [-0.4, -0.2) is 16.4 Å². The van der Waals surface area contributed by atoms with E-state index in [0.717, 1.165) is 15.8 Å². The van der Waals surface area contributed by atoms with Crippen molar-refractivity contribution >= 4 is 33.4 Å². The predicted octanol–water partition coefficient (Wildman–Crippen LogP) is 3.27. The van der Waals surface area contributed by atoms with Crippen LogP contribution in [0.15, 0.2) is 53.5 Å². The summed E-state index contributed by atoms with van der Waals surface area (Å²) in [5, 5.41) is 0. The predicted molar refractivity (Wildman–Crippen MR) is 92.7 cm³/mol. The number of hydrogen-bond acceptors (Lipinski definition) is 4. The van der Waals surface area contributed by atoms with E-state index in [1.807, 2.05) is 43.3 Å². The molecule has 0 saturated carbocycles. The van der Waals surface area contributed by atoms with Crippen LogP contribution in [0.1, 0.15) is 22.8 Å². The molecule has 6 heteroatoms. The van der Waals surface area contributed by atoms with E-state index in [1.54, 1.807) is 16.7 Å². The molecule has 1 aromatic heterocycles. The molecule has 0 bridgehead atoms. The van der Waals surface area contributed by atoms with Gasteiger partial charge >= 0.3 is 5.97 Å². The molecule has 0 spiro atoms. The van der Waals surface area contributed by atoms with Gasteiger partial charge in [0.05, 0.1) is 10.2 Å². The Balaban J connectivity index is 2.06. The molecule has 0 fully saturated rings. The number of esters is 1. The number of para-hydroxylation sites is 1. The molecule has 0 radical (unpaired) electrons. The van der Waals surface area contributed by atoms with Gasteiger partial charge in [-0.2, -0.15) is 4.99 Å². The fourth-order valence-electron chi connectivity index (χ4n) is 2.23. The number of carbonyl (C=O) groups is 2. The minimum absolute atomic E-state index is 0.0271. The second-order valence-corrected chi connectivity index (χ2v) is 6.34. The Hall–Kier alpha value is -2.73. The first-order valence-electron chi connectivity index (χ1n) is 7.42. The first kappa shape index (κ1) is 16.1. The molecule has 3 rings (SSSR count). The molecule has 1 amide bonds. The van der Waals surface area contributed by atoms with Gasteiger partial charge in [-0.1, -0.05) is 41.2 Å². The maximum atomic E-state index is 12.4. The topological polar surface area (TPSA) is 60.7 Å². The number of fused-ring (bicyclic) bond motifs is 1. The first-order chi connectivity index (χ1) is 11.5. The van der Waals surface area contributed by atoms with Gasteiger partial charge in [-0.25, -0.2) is 0 Å². The molecule has 0 aliphatic heterocycles. The van der Waals surface area contributed by atoms with Crippen molar-refractivity contribution in [1.29, 1.82) is 0 Å². The molecule has 0 aliphatic carbocycles. The van der Waals surface area contributed by atoms with Crippen LogP contribution in [0.2, 0.25) is 0 Å². The average Bonchev–Trinajstić information content (AvgIpc) is 2.90. The zero-order chi connectivity index (χ0) is 17.1. The number of benzene rings is 2. The number of aromatic nitrogens is 1. The Morgan fingerprint density at radius 1 is 1.12 bits per heavy atom. The SMILES string of the molecule is CC(=O)OCn1c(=NC(=O)c2ccc(C)cc2)sc2ccccc21. The molecule has 24 heavy (non-hydrogen) atoms. The van der Waals surface area contributed by atoms with Gasteiger partial charge in [-0.05, 0) is 31.2 Å². The third-order valence-electron chi connectivity index (χ3n) is 3.48. The third kappa shape index (κ3) is 3.44. The zero-order valence-corrected chi connectivity index (χ0v) is 14.2. The highest BCUT2D eigenvalue weighted by molar-refractivity contribution is 7.16. The zero-order valence-electron chi connectivity index (χ0n) is 13.4. The van der Waals surface area contributed by atoms with Gasteiger partial charge in [0.2, 0.25) is 0 Å². The van der Waals surface area contributed by atoms with Crippen molar-refractivity contribution < 1.29 is 14.3 Å². The van der Waals surface area contributed by atoms with E-state index in [1.165, 1.54) is 18.3 Å². The lowest BCUT2D eigenvalue weighted by Crippen LogP contribution is -2.19. The molecule has 0 aliphatic rings. The number of thiazole rings is 1. The summed E-state index contributed by atoms with van der Waals surface area (Å²) < 4.78 is 7.80. The summed E-state index contributed by atoms with van der Waals surface area (Å²) in [6.07, 6.45) is 0. The minimum atomic E-state index is -0.381. The van der Waals surface area contributed by atoms with Gasteiger partial charge in [0, 0.05) is 12.5 Å². The maximum absolute atomic E-state index is 12.4. The Kier molecular flexibility index (Phi) is 4.57. The van der Waals surface area contributed by atoms with E-state index < -0.39 is 0 Å². The average molecular weight is 340 g/mol. The van der Waals surface area contributed by atoms with Crippen molar-refractivity contribution in [2.45, 2.75) is 20.6 Å². The van der Waals surface area contributed by atoms with Crippen molar-refractivity contribution in [1.82, 2.24) is 4.57 Å². The van der Waals surface area contributed by atoms with Crippen LogP contribution in [0.25, 0.3) is 10.2 Å². The molecule has 3 aromatic rings. The highest BCUT2D eigenvalue weighted by Crippen LogP contribution is 2.17. The second-order valence-electron chi connectivity index (χ2n) is 5.33. The van der Waals surface area contributed by atoms with Crippen LogP contribution in [-0.2, 0) is 16.3 Å². The summed E-state index contributed by atoms with van der Waals surface area (Å²) in [6, 6.07) is 14.9. The summed E-state index contributed by atoms with van der Waals surface area (Å²) in [7, 11) is 0. The molecule has 0 unspecified atom stereocenters. The molecular formula is C18H16N2O3S. The van der Waals surface area contributed by atoms with Gasteiger partial charge in [0.15, 0.2) is 11.5 Å². The monoisotopic (exact) mass is 340 g/mol. The normalized spacial score (nSPS) is 11.7. The van der Waals surface area contributed by atoms with Crippen LogP contribution in [0, 0.1) is 6.92 Å². The fourth-order valence-corrected chi connectivity index (χ4v) is 3.25. The van der Waals surface area contributed by atoms with E-state index in [9.17, 15) is 9.59 Å². The second kappa shape index (κ2) is 6.80. The van der Waals surface area contributed by atoms with Crippen LogP contribution in [0.5, 0.6) is 0 Å². The smallest absolute Gasteiger partial charge is 0.304 e. The van der Waals surface area contributed by atoms with E-state index in [4.69, 9.17) is 4.74 Å². The summed E-state index contributed by atoms with van der Waals surface area (Å²) in [5.41, 5.74) is 2.48. The lowest BCUT2D eigenvalue weighted by atomic mass is 10.1. The van der Waals surface area contributed by atoms with Crippen LogP contribution < -0.4 is 4.80 Å². The minimum Gasteiger partial charge on any atom is -0.444 e. The maximum Gasteiger partial charge on any atom is 0.304 e. The quantitative estimate of drug-likeness (QED) is 0.688.